The lowest BCUT2D eigenvalue weighted by Crippen LogP contribution is -2.16. The molecule has 3 nitrogen and oxygen atoms in total. The third-order valence-corrected chi connectivity index (χ3v) is 2.50. The average molecular weight is 203 g/mol. The zero-order valence-electron chi connectivity index (χ0n) is 8.77. The molecule has 0 fully saturated rings. The summed E-state index contributed by atoms with van der Waals surface area (Å²) in [6, 6.07) is 8.60. The molecular weight excluding hydrogens is 190 g/mol. The lowest BCUT2D eigenvalue weighted by atomic mass is 9.94. The van der Waals surface area contributed by atoms with Gasteiger partial charge >= 0.3 is 0 Å². The first-order valence-electron chi connectivity index (χ1n) is 4.75. The number of hydrogen-bond donors (Lipinski definition) is 1. The van der Waals surface area contributed by atoms with Gasteiger partial charge in [-0.15, -0.1) is 0 Å². The standard InChI is InChI=1S/C12H13NO2/c1-8(9(2)14)12(15)11-5-3-10(7-13)4-6-11/h3-6,8,12,15H,1-2H3. The van der Waals surface area contributed by atoms with Crippen LogP contribution in [0.15, 0.2) is 24.3 Å². The molecule has 0 aliphatic carbocycles. The van der Waals surface area contributed by atoms with E-state index >= 15 is 0 Å². The van der Waals surface area contributed by atoms with Crippen LogP contribution >= 0.6 is 0 Å². The summed E-state index contributed by atoms with van der Waals surface area (Å²) in [6.45, 7) is 3.14. The fourth-order valence-corrected chi connectivity index (χ4v) is 1.27. The van der Waals surface area contributed by atoms with E-state index in [1.807, 2.05) is 6.07 Å². The first-order chi connectivity index (χ1) is 7.06. The van der Waals surface area contributed by atoms with Crippen molar-refractivity contribution in [3.8, 4) is 6.07 Å². The Kier molecular flexibility index (Phi) is 3.59. The van der Waals surface area contributed by atoms with E-state index in [9.17, 15) is 9.90 Å². The molecule has 0 amide bonds. The maximum atomic E-state index is 11.1. The number of aliphatic hydroxyl groups is 1. The van der Waals surface area contributed by atoms with Crippen LogP contribution in [0.2, 0.25) is 0 Å². The normalized spacial score (nSPS) is 14.0. The van der Waals surface area contributed by atoms with Crippen LogP contribution in [-0.2, 0) is 4.79 Å². The van der Waals surface area contributed by atoms with Crippen molar-refractivity contribution in [2.75, 3.05) is 0 Å². The molecule has 3 heteroatoms. The fraction of sp³-hybridized carbons (Fsp3) is 0.333. The Morgan fingerprint density at radius 2 is 1.93 bits per heavy atom. The number of rotatable bonds is 3. The van der Waals surface area contributed by atoms with Gasteiger partial charge in [0.15, 0.2) is 0 Å². The fourth-order valence-electron chi connectivity index (χ4n) is 1.27. The maximum absolute atomic E-state index is 11.1. The highest BCUT2D eigenvalue weighted by Gasteiger charge is 2.19. The van der Waals surface area contributed by atoms with E-state index in [4.69, 9.17) is 5.26 Å². The number of aliphatic hydroxyl groups excluding tert-OH is 1. The molecule has 0 bridgehead atoms. The van der Waals surface area contributed by atoms with E-state index in [0.29, 0.717) is 11.1 Å². The van der Waals surface area contributed by atoms with Crippen molar-refractivity contribution in [3.63, 3.8) is 0 Å². The Balaban J connectivity index is 2.88. The van der Waals surface area contributed by atoms with Crippen LogP contribution in [0.25, 0.3) is 0 Å². The van der Waals surface area contributed by atoms with Crippen molar-refractivity contribution in [3.05, 3.63) is 35.4 Å². The molecule has 1 rings (SSSR count). The number of carbonyl (C=O) groups is 1. The third kappa shape index (κ3) is 2.64. The van der Waals surface area contributed by atoms with E-state index in [0.717, 1.165) is 0 Å². The number of Topliss-reactive ketones (excluding diaryl/α,β-unsaturated/α-hetero) is 1. The van der Waals surface area contributed by atoms with Crippen LogP contribution in [0.4, 0.5) is 0 Å². The van der Waals surface area contributed by atoms with Gasteiger partial charge in [0.25, 0.3) is 0 Å². The number of benzene rings is 1. The highest BCUT2D eigenvalue weighted by atomic mass is 16.3. The van der Waals surface area contributed by atoms with E-state index < -0.39 is 12.0 Å². The molecule has 0 aliphatic heterocycles. The third-order valence-electron chi connectivity index (χ3n) is 2.50. The summed E-state index contributed by atoms with van der Waals surface area (Å²) in [5, 5.41) is 18.4. The van der Waals surface area contributed by atoms with Gasteiger partial charge < -0.3 is 5.11 Å². The van der Waals surface area contributed by atoms with E-state index in [-0.39, 0.29) is 5.78 Å². The predicted molar refractivity (Wildman–Crippen MR) is 56.0 cm³/mol. The Labute approximate surface area is 89.0 Å². The molecule has 0 saturated carbocycles. The topological polar surface area (TPSA) is 61.1 Å². The number of carbonyl (C=O) groups excluding carboxylic acids is 1. The molecule has 15 heavy (non-hydrogen) atoms. The molecule has 2 unspecified atom stereocenters. The van der Waals surface area contributed by atoms with E-state index in [2.05, 4.69) is 0 Å². The summed E-state index contributed by atoms with van der Waals surface area (Å²) in [4.78, 5) is 11.1. The monoisotopic (exact) mass is 203 g/mol. The molecule has 1 aromatic rings. The number of ketones is 1. The van der Waals surface area contributed by atoms with Gasteiger partial charge in [-0.25, -0.2) is 0 Å². The van der Waals surface area contributed by atoms with E-state index in [1.54, 1.807) is 31.2 Å². The van der Waals surface area contributed by atoms with Crippen LogP contribution in [0.5, 0.6) is 0 Å². The van der Waals surface area contributed by atoms with Gasteiger partial charge in [0, 0.05) is 5.92 Å². The van der Waals surface area contributed by atoms with Crippen molar-refractivity contribution >= 4 is 5.78 Å². The highest BCUT2D eigenvalue weighted by molar-refractivity contribution is 5.78. The second kappa shape index (κ2) is 4.72. The summed E-state index contributed by atoms with van der Waals surface area (Å²) in [5.41, 5.74) is 1.21. The van der Waals surface area contributed by atoms with Crippen LogP contribution in [0.3, 0.4) is 0 Å². The maximum Gasteiger partial charge on any atom is 0.135 e. The van der Waals surface area contributed by atoms with Crippen molar-refractivity contribution in [1.29, 1.82) is 5.26 Å². The predicted octanol–water partition coefficient (Wildman–Crippen LogP) is 1.82. The van der Waals surface area contributed by atoms with Gasteiger partial charge in [-0.2, -0.15) is 5.26 Å². The lowest BCUT2D eigenvalue weighted by molar-refractivity contribution is -0.123. The van der Waals surface area contributed by atoms with Crippen molar-refractivity contribution in [2.24, 2.45) is 5.92 Å². The lowest BCUT2D eigenvalue weighted by Gasteiger charge is -2.16. The largest absolute Gasteiger partial charge is 0.388 e. The molecule has 0 aliphatic rings. The highest BCUT2D eigenvalue weighted by Crippen LogP contribution is 2.22. The Morgan fingerprint density at radius 3 is 2.33 bits per heavy atom. The van der Waals surface area contributed by atoms with Crippen LogP contribution in [0.1, 0.15) is 31.1 Å². The molecular formula is C12H13NO2. The smallest absolute Gasteiger partial charge is 0.135 e. The molecule has 78 valence electrons. The molecule has 0 saturated heterocycles. The number of hydrogen-bond acceptors (Lipinski definition) is 3. The minimum absolute atomic E-state index is 0.0492. The van der Waals surface area contributed by atoms with Gasteiger partial charge in [0.1, 0.15) is 5.78 Å². The number of nitriles is 1. The molecule has 1 aromatic carbocycles. The summed E-state index contributed by atoms with van der Waals surface area (Å²) in [6.07, 6.45) is -0.796. The van der Waals surface area contributed by atoms with Crippen LogP contribution in [-0.4, -0.2) is 10.9 Å². The number of nitrogens with zero attached hydrogens (tertiary/aromatic N) is 1. The van der Waals surface area contributed by atoms with Crippen LogP contribution < -0.4 is 0 Å². The summed E-state index contributed by atoms with van der Waals surface area (Å²) in [5.74, 6) is -0.468. The van der Waals surface area contributed by atoms with Crippen LogP contribution in [0, 0.1) is 17.2 Å². The molecule has 0 heterocycles. The zero-order valence-corrected chi connectivity index (χ0v) is 8.77. The Hall–Kier alpha value is -1.66. The Morgan fingerprint density at radius 1 is 1.40 bits per heavy atom. The van der Waals surface area contributed by atoms with Crippen molar-refractivity contribution in [2.45, 2.75) is 20.0 Å². The molecule has 2 atom stereocenters. The summed E-state index contributed by atoms with van der Waals surface area (Å²) >= 11 is 0. The first kappa shape index (κ1) is 11.4. The minimum atomic E-state index is -0.796. The SMILES string of the molecule is CC(=O)C(C)C(O)c1ccc(C#N)cc1. The van der Waals surface area contributed by atoms with Gasteiger partial charge in [-0.05, 0) is 24.6 Å². The first-order valence-corrected chi connectivity index (χ1v) is 4.75. The van der Waals surface area contributed by atoms with Crippen molar-refractivity contribution in [1.82, 2.24) is 0 Å². The summed E-state index contributed by atoms with van der Waals surface area (Å²) in [7, 11) is 0. The summed E-state index contributed by atoms with van der Waals surface area (Å²) < 4.78 is 0. The quantitative estimate of drug-likeness (QED) is 0.815. The van der Waals surface area contributed by atoms with Gasteiger partial charge in [0.2, 0.25) is 0 Å². The second-order valence-corrected chi connectivity index (χ2v) is 3.58. The minimum Gasteiger partial charge on any atom is -0.388 e. The van der Waals surface area contributed by atoms with Crippen molar-refractivity contribution < 1.29 is 9.90 Å². The molecule has 0 aromatic heterocycles. The molecule has 1 N–H and O–H groups in total. The molecule has 0 spiro atoms. The Bertz CT molecular complexity index is 389. The zero-order chi connectivity index (χ0) is 11.4. The average Bonchev–Trinajstić information content (AvgIpc) is 2.27. The van der Waals surface area contributed by atoms with E-state index in [1.165, 1.54) is 6.92 Å². The van der Waals surface area contributed by atoms with Gasteiger partial charge in [0.05, 0.1) is 17.7 Å². The second-order valence-electron chi connectivity index (χ2n) is 3.58. The van der Waals surface area contributed by atoms with Gasteiger partial charge in [-0.1, -0.05) is 19.1 Å². The van der Waals surface area contributed by atoms with Gasteiger partial charge in [-0.3, -0.25) is 4.79 Å². The molecule has 0 radical (unpaired) electrons.